The van der Waals surface area contributed by atoms with Crippen molar-refractivity contribution in [1.82, 2.24) is 4.57 Å². The molecule has 1 amide bonds. The topological polar surface area (TPSA) is 89.4 Å². The van der Waals surface area contributed by atoms with E-state index >= 15 is 0 Å². The lowest BCUT2D eigenvalue weighted by atomic mass is 9.86. The summed E-state index contributed by atoms with van der Waals surface area (Å²) in [4.78, 5) is 13.2. The Hall–Kier alpha value is -3.00. The van der Waals surface area contributed by atoms with Crippen LogP contribution in [0.15, 0.2) is 36.4 Å². The average molecular weight is 444 g/mol. The highest BCUT2D eigenvalue weighted by Crippen LogP contribution is 2.39. The Morgan fingerprint density at radius 1 is 1.10 bits per heavy atom. The zero-order valence-electron chi connectivity index (χ0n) is 19.0. The molecule has 1 aromatic heterocycles. The van der Waals surface area contributed by atoms with Crippen molar-refractivity contribution in [3.8, 4) is 5.75 Å². The number of aryl methyl sites for hydroxylation is 2. The molecule has 1 heterocycles. The van der Waals surface area contributed by atoms with E-state index in [9.17, 15) is 13.2 Å². The van der Waals surface area contributed by atoms with E-state index in [1.807, 2.05) is 69.6 Å². The van der Waals surface area contributed by atoms with Gasteiger partial charge >= 0.3 is 0 Å². The van der Waals surface area contributed by atoms with Gasteiger partial charge in [0.1, 0.15) is 5.69 Å². The number of benzene rings is 2. The van der Waals surface area contributed by atoms with Crippen molar-refractivity contribution < 1.29 is 17.9 Å². The van der Waals surface area contributed by atoms with Crippen LogP contribution in [0.5, 0.6) is 5.75 Å². The summed E-state index contributed by atoms with van der Waals surface area (Å²) in [5, 5.41) is 3.89. The number of hydrogen-bond acceptors (Lipinski definition) is 4. The molecular weight excluding hydrogens is 414 g/mol. The molecule has 0 saturated carbocycles. The molecular formula is C23H29N3O4S. The van der Waals surface area contributed by atoms with Crippen LogP contribution in [0.4, 0.5) is 11.4 Å². The number of aromatic nitrogens is 1. The molecule has 0 aliphatic carbocycles. The Morgan fingerprint density at radius 3 is 2.29 bits per heavy atom. The molecule has 0 unspecified atom stereocenters. The van der Waals surface area contributed by atoms with Gasteiger partial charge in [0, 0.05) is 12.4 Å². The van der Waals surface area contributed by atoms with Gasteiger partial charge in [0.05, 0.1) is 30.3 Å². The molecule has 31 heavy (non-hydrogen) atoms. The van der Waals surface area contributed by atoms with Crippen LogP contribution < -0.4 is 14.8 Å². The first kappa shape index (κ1) is 22.7. The van der Waals surface area contributed by atoms with Gasteiger partial charge in [-0.25, -0.2) is 8.42 Å². The molecule has 0 saturated heterocycles. The lowest BCUT2D eigenvalue weighted by Crippen LogP contribution is -2.19. The van der Waals surface area contributed by atoms with Crippen molar-refractivity contribution >= 4 is 38.2 Å². The van der Waals surface area contributed by atoms with Gasteiger partial charge in [-0.2, -0.15) is 0 Å². The highest BCUT2D eigenvalue weighted by molar-refractivity contribution is 7.92. The quantitative estimate of drug-likeness (QED) is 0.611. The third-order valence-corrected chi connectivity index (χ3v) is 5.78. The van der Waals surface area contributed by atoms with E-state index < -0.39 is 10.0 Å². The monoisotopic (exact) mass is 443 g/mol. The Kier molecular flexibility index (Phi) is 5.80. The minimum Gasteiger partial charge on any atom is -0.492 e. The van der Waals surface area contributed by atoms with Gasteiger partial charge in [-0.3, -0.25) is 9.52 Å². The number of para-hydroxylation sites is 1. The van der Waals surface area contributed by atoms with Gasteiger partial charge in [0.25, 0.3) is 5.91 Å². The van der Waals surface area contributed by atoms with Gasteiger partial charge < -0.3 is 14.6 Å². The Morgan fingerprint density at radius 2 is 1.74 bits per heavy atom. The number of hydrogen-bond donors (Lipinski definition) is 2. The van der Waals surface area contributed by atoms with E-state index in [1.165, 1.54) is 7.11 Å². The van der Waals surface area contributed by atoms with Gasteiger partial charge in [-0.05, 0) is 41.7 Å². The van der Waals surface area contributed by atoms with Crippen molar-refractivity contribution in [2.75, 3.05) is 23.4 Å². The molecule has 3 rings (SSSR count). The number of carbonyl (C=O) groups is 1. The third kappa shape index (κ3) is 4.69. The molecule has 0 aliphatic heterocycles. The summed E-state index contributed by atoms with van der Waals surface area (Å²) in [6.07, 6.45) is 1.08. The van der Waals surface area contributed by atoms with Crippen LogP contribution in [0, 0.1) is 6.92 Å². The van der Waals surface area contributed by atoms with E-state index in [0.29, 0.717) is 11.4 Å². The molecule has 0 atom stereocenters. The Balaban J connectivity index is 2.11. The second-order valence-corrected chi connectivity index (χ2v) is 10.5. The number of amides is 1. The number of fused-ring (bicyclic) bond motifs is 1. The third-order valence-electron chi connectivity index (χ3n) is 5.19. The SMILES string of the molecule is COc1c(NC(=O)c2cc3cccc(C)c3n2C)cc(C(C)(C)C)cc1NS(C)(=O)=O. The van der Waals surface area contributed by atoms with Gasteiger partial charge in [-0.1, -0.05) is 39.0 Å². The van der Waals surface area contributed by atoms with Crippen molar-refractivity contribution in [1.29, 1.82) is 0 Å². The largest absolute Gasteiger partial charge is 0.492 e. The van der Waals surface area contributed by atoms with Crippen LogP contribution in [0.2, 0.25) is 0 Å². The summed E-state index contributed by atoms with van der Waals surface area (Å²) >= 11 is 0. The second kappa shape index (κ2) is 7.92. The summed E-state index contributed by atoms with van der Waals surface area (Å²) < 4.78 is 33.6. The summed E-state index contributed by atoms with van der Waals surface area (Å²) in [6.45, 7) is 8.04. The zero-order chi connectivity index (χ0) is 23.1. The highest BCUT2D eigenvalue weighted by Gasteiger charge is 2.23. The fourth-order valence-corrected chi connectivity index (χ4v) is 4.23. The molecule has 0 radical (unpaired) electrons. The first-order valence-electron chi connectivity index (χ1n) is 9.88. The van der Waals surface area contributed by atoms with Gasteiger partial charge in [-0.15, -0.1) is 0 Å². The lowest BCUT2D eigenvalue weighted by Gasteiger charge is -2.24. The number of nitrogens with zero attached hydrogens (tertiary/aromatic N) is 1. The molecule has 7 nitrogen and oxygen atoms in total. The van der Waals surface area contributed by atoms with E-state index in [-0.39, 0.29) is 22.8 Å². The van der Waals surface area contributed by atoms with Crippen LogP contribution in [0.3, 0.4) is 0 Å². The molecule has 2 N–H and O–H groups in total. The van der Waals surface area contributed by atoms with Crippen LogP contribution >= 0.6 is 0 Å². The fourth-order valence-electron chi connectivity index (χ4n) is 3.68. The van der Waals surface area contributed by atoms with Crippen molar-refractivity contribution in [2.24, 2.45) is 7.05 Å². The summed E-state index contributed by atoms with van der Waals surface area (Å²) in [5.74, 6) is -0.0607. The lowest BCUT2D eigenvalue weighted by molar-refractivity contribution is 0.101. The molecule has 166 valence electrons. The number of nitrogens with one attached hydrogen (secondary N) is 2. The molecule has 0 bridgehead atoms. The van der Waals surface area contributed by atoms with E-state index in [4.69, 9.17) is 4.74 Å². The minimum absolute atomic E-state index is 0.252. The number of sulfonamides is 1. The fraction of sp³-hybridized carbons (Fsp3) is 0.348. The minimum atomic E-state index is -3.55. The molecule has 0 fully saturated rings. The number of carbonyl (C=O) groups excluding carboxylic acids is 1. The summed E-state index contributed by atoms with van der Waals surface area (Å²) in [6, 6.07) is 11.3. The number of rotatable bonds is 5. The van der Waals surface area contributed by atoms with Gasteiger partial charge in [0.2, 0.25) is 10.0 Å². The van der Waals surface area contributed by atoms with E-state index in [1.54, 1.807) is 6.07 Å². The van der Waals surface area contributed by atoms with E-state index in [2.05, 4.69) is 10.0 Å². The highest BCUT2D eigenvalue weighted by atomic mass is 32.2. The maximum atomic E-state index is 13.2. The van der Waals surface area contributed by atoms with Crippen LogP contribution in [0.1, 0.15) is 42.4 Å². The zero-order valence-corrected chi connectivity index (χ0v) is 19.8. The summed E-state index contributed by atoms with van der Waals surface area (Å²) in [7, 11) is -0.254. The Bertz CT molecular complexity index is 1270. The van der Waals surface area contributed by atoms with Crippen LogP contribution in [0.25, 0.3) is 10.9 Å². The predicted octanol–water partition coefficient (Wildman–Crippen LogP) is 4.42. The molecule has 0 aliphatic rings. The second-order valence-electron chi connectivity index (χ2n) is 8.78. The van der Waals surface area contributed by atoms with Crippen molar-refractivity contribution in [3.05, 3.63) is 53.2 Å². The maximum absolute atomic E-state index is 13.2. The first-order chi connectivity index (χ1) is 14.3. The number of ether oxygens (including phenoxy) is 1. The van der Waals surface area contributed by atoms with Crippen molar-refractivity contribution in [3.63, 3.8) is 0 Å². The Labute approximate surface area is 183 Å². The maximum Gasteiger partial charge on any atom is 0.272 e. The van der Waals surface area contributed by atoms with Crippen LogP contribution in [-0.4, -0.2) is 32.3 Å². The van der Waals surface area contributed by atoms with Crippen LogP contribution in [-0.2, 0) is 22.5 Å². The van der Waals surface area contributed by atoms with Crippen molar-refractivity contribution in [2.45, 2.75) is 33.1 Å². The van der Waals surface area contributed by atoms with E-state index in [0.717, 1.165) is 28.3 Å². The standard InChI is InChI=1S/C23H29N3O4S/c1-14-9-8-10-15-11-19(26(5)20(14)15)22(27)24-17-12-16(23(2,3)4)13-18(21(17)30-6)25-31(7,28)29/h8-13,25H,1-7H3,(H,24,27). The number of methoxy groups -OCH3 is 1. The number of anilines is 2. The van der Waals surface area contributed by atoms with Gasteiger partial charge in [0.15, 0.2) is 5.75 Å². The molecule has 3 aromatic rings. The molecule has 0 spiro atoms. The summed E-state index contributed by atoms with van der Waals surface area (Å²) in [5.41, 5.74) is 3.80. The average Bonchev–Trinajstić information content (AvgIpc) is 2.97. The predicted molar refractivity (Wildman–Crippen MR) is 126 cm³/mol. The molecule has 8 heteroatoms. The normalized spacial score (nSPS) is 12.1. The molecule has 2 aromatic carbocycles. The smallest absolute Gasteiger partial charge is 0.272 e. The first-order valence-corrected chi connectivity index (χ1v) is 11.8.